The Hall–Kier alpha value is -1.58. The molecule has 0 fully saturated rings. The summed E-state index contributed by atoms with van der Waals surface area (Å²) in [4.78, 5) is 8.07. The van der Waals surface area contributed by atoms with Crippen molar-refractivity contribution in [2.75, 3.05) is 5.73 Å². The van der Waals surface area contributed by atoms with E-state index in [2.05, 4.69) is 9.97 Å². The molecule has 0 saturated heterocycles. The zero-order valence-corrected chi connectivity index (χ0v) is 7.07. The SMILES string of the molecule is Cc1cn(C)c2ncnc(N)c12. The standard InChI is InChI=1S/C8H10N4/c1-5-3-12(2)8-6(5)7(9)10-4-11-8/h3-4H,1-2H3,(H2,9,10,11). The van der Waals surface area contributed by atoms with Crippen molar-refractivity contribution in [2.45, 2.75) is 6.92 Å². The highest BCUT2D eigenvalue weighted by molar-refractivity contribution is 5.89. The van der Waals surface area contributed by atoms with E-state index in [4.69, 9.17) is 5.73 Å². The number of rotatable bonds is 0. The molecule has 0 spiro atoms. The van der Waals surface area contributed by atoms with Crippen molar-refractivity contribution in [3.05, 3.63) is 18.1 Å². The van der Waals surface area contributed by atoms with Crippen LogP contribution < -0.4 is 5.73 Å². The van der Waals surface area contributed by atoms with E-state index in [1.54, 1.807) is 0 Å². The molecule has 0 atom stereocenters. The summed E-state index contributed by atoms with van der Waals surface area (Å²) >= 11 is 0. The zero-order chi connectivity index (χ0) is 8.72. The largest absolute Gasteiger partial charge is 0.383 e. The molecule has 4 nitrogen and oxygen atoms in total. The summed E-state index contributed by atoms with van der Waals surface area (Å²) in [6, 6.07) is 0. The molecule has 0 bridgehead atoms. The third kappa shape index (κ3) is 0.777. The summed E-state index contributed by atoms with van der Waals surface area (Å²) in [7, 11) is 1.95. The number of hydrogen-bond acceptors (Lipinski definition) is 3. The van der Waals surface area contributed by atoms with Gasteiger partial charge in [-0.05, 0) is 12.5 Å². The van der Waals surface area contributed by atoms with Crippen molar-refractivity contribution in [2.24, 2.45) is 7.05 Å². The van der Waals surface area contributed by atoms with Crippen molar-refractivity contribution >= 4 is 16.9 Å². The van der Waals surface area contributed by atoms with E-state index < -0.39 is 0 Å². The second kappa shape index (κ2) is 2.20. The van der Waals surface area contributed by atoms with E-state index in [1.165, 1.54) is 6.33 Å². The average Bonchev–Trinajstić information content (AvgIpc) is 2.29. The number of aromatic nitrogens is 3. The molecule has 0 saturated carbocycles. The van der Waals surface area contributed by atoms with Gasteiger partial charge in [0.1, 0.15) is 17.8 Å². The number of nitrogens with two attached hydrogens (primary N) is 1. The molecule has 2 rings (SSSR count). The number of aryl methyl sites for hydroxylation is 2. The highest BCUT2D eigenvalue weighted by atomic mass is 15.0. The summed E-state index contributed by atoms with van der Waals surface area (Å²) in [5, 5.41) is 0.958. The van der Waals surface area contributed by atoms with Crippen molar-refractivity contribution in [1.29, 1.82) is 0 Å². The van der Waals surface area contributed by atoms with Crippen LogP contribution in [0.5, 0.6) is 0 Å². The van der Waals surface area contributed by atoms with Crippen molar-refractivity contribution in [3.8, 4) is 0 Å². The summed E-state index contributed by atoms with van der Waals surface area (Å²) < 4.78 is 1.95. The normalized spacial score (nSPS) is 10.8. The van der Waals surface area contributed by atoms with Gasteiger partial charge in [0.05, 0.1) is 5.39 Å². The summed E-state index contributed by atoms with van der Waals surface area (Å²) in [6.45, 7) is 2.00. The molecule has 4 heteroatoms. The molecule has 0 aromatic carbocycles. The second-order valence-corrected chi connectivity index (χ2v) is 2.88. The van der Waals surface area contributed by atoms with Gasteiger partial charge in [0.15, 0.2) is 0 Å². The molecule has 12 heavy (non-hydrogen) atoms. The van der Waals surface area contributed by atoms with Crippen LogP contribution in [-0.4, -0.2) is 14.5 Å². The van der Waals surface area contributed by atoms with Crippen LogP contribution >= 0.6 is 0 Å². The maximum absolute atomic E-state index is 5.71. The van der Waals surface area contributed by atoms with Crippen LogP contribution in [0.1, 0.15) is 5.56 Å². The van der Waals surface area contributed by atoms with Gasteiger partial charge in [-0.3, -0.25) is 0 Å². The van der Waals surface area contributed by atoms with Gasteiger partial charge in [0, 0.05) is 13.2 Å². The van der Waals surface area contributed by atoms with E-state index in [1.807, 2.05) is 24.7 Å². The van der Waals surface area contributed by atoms with Gasteiger partial charge in [-0.2, -0.15) is 0 Å². The van der Waals surface area contributed by atoms with Crippen LogP contribution in [-0.2, 0) is 7.05 Å². The number of nitrogens with zero attached hydrogens (tertiary/aromatic N) is 3. The first kappa shape index (κ1) is 7.09. The Morgan fingerprint density at radius 3 is 2.83 bits per heavy atom. The third-order valence-electron chi connectivity index (χ3n) is 1.97. The van der Waals surface area contributed by atoms with E-state index >= 15 is 0 Å². The minimum absolute atomic E-state index is 0.554. The Balaban J connectivity index is 2.99. The second-order valence-electron chi connectivity index (χ2n) is 2.88. The van der Waals surface area contributed by atoms with Crippen molar-refractivity contribution < 1.29 is 0 Å². The van der Waals surface area contributed by atoms with Gasteiger partial charge >= 0.3 is 0 Å². The maximum atomic E-state index is 5.71. The molecule has 0 radical (unpaired) electrons. The lowest BCUT2D eigenvalue weighted by Crippen LogP contribution is -1.94. The van der Waals surface area contributed by atoms with Crippen LogP contribution in [0.2, 0.25) is 0 Å². The Morgan fingerprint density at radius 1 is 1.42 bits per heavy atom. The Bertz CT molecular complexity index is 430. The number of hydrogen-bond donors (Lipinski definition) is 1. The Morgan fingerprint density at radius 2 is 2.17 bits per heavy atom. The van der Waals surface area contributed by atoms with Crippen LogP contribution in [0, 0.1) is 6.92 Å². The molecule has 0 amide bonds. The first-order valence-corrected chi connectivity index (χ1v) is 3.72. The predicted octanol–water partition coefficient (Wildman–Crippen LogP) is 0.859. The molecule has 2 N–H and O–H groups in total. The monoisotopic (exact) mass is 162 g/mol. The van der Waals surface area contributed by atoms with Crippen LogP contribution in [0.3, 0.4) is 0 Å². The zero-order valence-electron chi connectivity index (χ0n) is 7.07. The molecule has 0 aliphatic heterocycles. The number of fused-ring (bicyclic) bond motifs is 1. The minimum atomic E-state index is 0.554. The molecule has 2 aromatic heterocycles. The van der Waals surface area contributed by atoms with E-state index in [0.717, 1.165) is 16.6 Å². The van der Waals surface area contributed by atoms with E-state index in [-0.39, 0.29) is 0 Å². The van der Waals surface area contributed by atoms with Crippen LogP contribution in [0.4, 0.5) is 5.82 Å². The number of nitrogen functional groups attached to an aromatic ring is 1. The van der Waals surface area contributed by atoms with E-state index in [9.17, 15) is 0 Å². The average molecular weight is 162 g/mol. The summed E-state index contributed by atoms with van der Waals surface area (Å²) in [5.41, 5.74) is 7.71. The maximum Gasteiger partial charge on any atom is 0.145 e. The van der Waals surface area contributed by atoms with Crippen LogP contribution in [0.25, 0.3) is 11.0 Å². The number of anilines is 1. The first-order valence-electron chi connectivity index (χ1n) is 3.72. The van der Waals surface area contributed by atoms with Crippen LogP contribution in [0.15, 0.2) is 12.5 Å². The fraction of sp³-hybridized carbons (Fsp3) is 0.250. The molecular formula is C8H10N4. The molecular weight excluding hydrogens is 152 g/mol. The molecule has 2 heterocycles. The highest BCUT2D eigenvalue weighted by Crippen LogP contribution is 2.21. The lowest BCUT2D eigenvalue weighted by molar-refractivity contribution is 0.940. The Labute approximate surface area is 70.0 Å². The summed E-state index contributed by atoms with van der Waals surface area (Å²) in [5.74, 6) is 0.554. The predicted molar refractivity (Wildman–Crippen MR) is 47.7 cm³/mol. The van der Waals surface area contributed by atoms with Gasteiger partial charge in [0.2, 0.25) is 0 Å². The molecule has 0 unspecified atom stereocenters. The molecule has 62 valence electrons. The van der Waals surface area contributed by atoms with Gasteiger partial charge in [0.25, 0.3) is 0 Å². The van der Waals surface area contributed by atoms with Crippen molar-refractivity contribution in [1.82, 2.24) is 14.5 Å². The van der Waals surface area contributed by atoms with Gasteiger partial charge in [-0.25, -0.2) is 9.97 Å². The first-order chi connectivity index (χ1) is 5.70. The minimum Gasteiger partial charge on any atom is -0.383 e. The smallest absolute Gasteiger partial charge is 0.145 e. The topological polar surface area (TPSA) is 56.7 Å². The quantitative estimate of drug-likeness (QED) is 0.625. The lowest BCUT2D eigenvalue weighted by atomic mass is 10.2. The fourth-order valence-electron chi connectivity index (χ4n) is 1.45. The fourth-order valence-corrected chi connectivity index (χ4v) is 1.45. The molecule has 2 aromatic rings. The van der Waals surface area contributed by atoms with E-state index in [0.29, 0.717) is 5.82 Å². The van der Waals surface area contributed by atoms with Gasteiger partial charge in [-0.15, -0.1) is 0 Å². The van der Waals surface area contributed by atoms with Gasteiger partial charge < -0.3 is 10.3 Å². The molecule has 0 aliphatic rings. The molecule has 0 aliphatic carbocycles. The lowest BCUT2D eigenvalue weighted by Gasteiger charge is -1.95. The van der Waals surface area contributed by atoms with Crippen molar-refractivity contribution in [3.63, 3.8) is 0 Å². The van der Waals surface area contributed by atoms with Gasteiger partial charge in [-0.1, -0.05) is 0 Å². The third-order valence-corrected chi connectivity index (χ3v) is 1.97. The highest BCUT2D eigenvalue weighted by Gasteiger charge is 2.06. The summed E-state index contributed by atoms with van der Waals surface area (Å²) in [6.07, 6.45) is 3.48. The Kier molecular flexibility index (Phi) is 1.30.